The van der Waals surface area contributed by atoms with E-state index in [1.54, 1.807) is 10.0 Å². The summed E-state index contributed by atoms with van der Waals surface area (Å²) in [7, 11) is 7.39. The normalized spacial score (nSPS) is 34.5. The molecule has 0 bridgehead atoms. The van der Waals surface area contributed by atoms with Crippen LogP contribution < -0.4 is 0 Å². The van der Waals surface area contributed by atoms with E-state index in [-0.39, 0.29) is 0 Å². The van der Waals surface area contributed by atoms with Gasteiger partial charge in [0.2, 0.25) is 0 Å². The minimum atomic E-state index is -1.22. The fourth-order valence-corrected chi connectivity index (χ4v) is 5.06. The van der Waals surface area contributed by atoms with E-state index < -0.39 is 12.9 Å². The van der Waals surface area contributed by atoms with Crippen LogP contribution in [-0.2, 0) is 3.73 Å². The van der Waals surface area contributed by atoms with E-state index in [1.165, 1.54) is 0 Å². The number of hydrogen-bond donors (Lipinski definition) is 0. The zero-order valence-electron chi connectivity index (χ0n) is 3.06. The van der Waals surface area contributed by atoms with Gasteiger partial charge in [-0.3, -0.25) is 0 Å². The molecule has 1 heterocycles. The molecule has 1 unspecified atom stereocenters. The van der Waals surface area contributed by atoms with E-state index >= 15 is 0 Å². The summed E-state index contributed by atoms with van der Waals surface area (Å²) in [5.74, 6) is 1.11. The molecule has 0 aromatic heterocycles. The van der Waals surface area contributed by atoms with Crippen molar-refractivity contribution in [2.45, 2.75) is 0 Å². The Labute approximate surface area is 49.1 Å². The van der Waals surface area contributed by atoms with Gasteiger partial charge < -0.3 is 0 Å². The third kappa shape index (κ3) is 1.34. The van der Waals surface area contributed by atoms with E-state index in [1.807, 2.05) is 0 Å². The second-order valence-electron chi connectivity index (χ2n) is 0.879. The van der Waals surface area contributed by atoms with Crippen LogP contribution in [0.15, 0.2) is 0 Å². The predicted octanol–water partition coefficient (Wildman–Crippen LogP) is 0.974. The Morgan fingerprint density at radius 1 is 1.83 bits per heavy atom. The maximum absolute atomic E-state index is 5.60. The van der Waals surface area contributed by atoms with Gasteiger partial charge in [-0.15, -0.1) is 0 Å². The molecule has 6 heavy (non-hydrogen) atoms. The molecular weight excluding hydrogens is 182 g/mol. The standard InChI is InChI=1S/C2H4AsClOS/c4-3-5-1-2-6-3/h1-2H2. The van der Waals surface area contributed by atoms with Gasteiger partial charge in [-0.05, 0) is 0 Å². The molecule has 0 radical (unpaired) electrons. The zero-order valence-corrected chi connectivity index (χ0v) is 6.50. The second-order valence-corrected chi connectivity index (χ2v) is 8.96. The third-order valence-corrected chi connectivity index (χ3v) is 6.83. The van der Waals surface area contributed by atoms with E-state index in [0.29, 0.717) is 0 Å². The molecule has 0 saturated carbocycles. The van der Waals surface area contributed by atoms with Crippen molar-refractivity contribution in [3.63, 3.8) is 0 Å². The van der Waals surface area contributed by atoms with Crippen molar-refractivity contribution in [1.29, 1.82) is 0 Å². The van der Waals surface area contributed by atoms with Crippen LogP contribution in [0.4, 0.5) is 0 Å². The molecule has 36 valence electrons. The molecule has 0 spiro atoms. The van der Waals surface area contributed by atoms with Gasteiger partial charge >= 0.3 is 49.0 Å². The van der Waals surface area contributed by atoms with E-state index in [9.17, 15) is 0 Å². The molecule has 1 fully saturated rings. The molecule has 1 aliphatic rings. The Balaban J connectivity index is 2.18. The summed E-state index contributed by atoms with van der Waals surface area (Å²) in [6.45, 7) is 0.883. The summed E-state index contributed by atoms with van der Waals surface area (Å²) in [6, 6.07) is 0. The topological polar surface area (TPSA) is 9.23 Å². The first kappa shape index (κ1) is 5.30. The van der Waals surface area contributed by atoms with Gasteiger partial charge in [0.05, 0.1) is 0 Å². The summed E-state index contributed by atoms with van der Waals surface area (Å²) in [5.41, 5.74) is 0. The summed E-state index contributed by atoms with van der Waals surface area (Å²) in [6.07, 6.45) is 0. The molecule has 1 nitrogen and oxygen atoms in total. The quantitative estimate of drug-likeness (QED) is 0.522. The number of halogens is 1. The van der Waals surface area contributed by atoms with Crippen LogP contribution in [0.5, 0.6) is 0 Å². The molecule has 0 aromatic rings. The minimum absolute atomic E-state index is 0.883. The summed E-state index contributed by atoms with van der Waals surface area (Å²) >= 11 is -1.22. The summed E-state index contributed by atoms with van der Waals surface area (Å²) in [4.78, 5) is 0. The van der Waals surface area contributed by atoms with Crippen LogP contribution in [0.1, 0.15) is 0 Å². The van der Waals surface area contributed by atoms with Gasteiger partial charge in [0.1, 0.15) is 0 Å². The Morgan fingerprint density at radius 2 is 2.67 bits per heavy atom. The number of hydrogen-bond acceptors (Lipinski definition) is 2. The Bertz CT molecular complexity index is 46.8. The number of rotatable bonds is 0. The van der Waals surface area contributed by atoms with Crippen molar-refractivity contribution in [3.8, 4) is 0 Å². The van der Waals surface area contributed by atoms with Crippen molar-refractivity contribution in [3.05, 3.63) is 0 Å². The van der Waals surface area contributed by atoms with Crippen molar-refractivity contribution in [1.82, 2.24) is 0 Å². The summed E-state index contributed by atoms with van der Waals surface area (Å²) in [5, 5.41) is 0. The van der Waals surface area contributed by atoms with Gasteiger partial charge in [-0.25, -0.2) is 0 Å². The van der Waals surface area contributed by atoms with Crippen molar-refractivity contribution in [2.75, 3.05) is 12.4 Å². The van der Waals surface area contributed by atoms with Crippen LogP contribution >= 0.6 is 20.0 Å². The van der Waals surface area contributed by atoms with Gasteiger partial charge in [-0.2, -0.15) is 0 Å². The second kappa shape index (κ2) is 2.46. The van der Waals surface area contributed by atoms with Crippen molar-refractivity contribution < 1.29 is 3.73 Å². The van der Waals surface area contributed by atoms with Gasteiger partial charge in [0, 0.05) is 0 Å². The van der Waals surface area contributed by atoms with Gasteiger partial charge in [0.15, 0.2) is 0 Å². The van der Waals surface area contributed by atoms with Crippen molar-refractivity contribution >= 4 is 32.9 Å². The van der Waals surface area contributed by atoms with Crippen LogP contribution in [0.25, 0.3) is 0 Å². The van der Waals surface area contributed by atoms with Crippen molar-refractivity contribution in [2.24, 2.45) is 0 Å². The monoisotopic (exact) mass is 186 g/mol. The molecule has 1 rings (SSSR count). The Kier molecular flexibility index (Phi) is 2.17. The fraction of sp³-hybridized carbons (Fsp3) is 1.00. The predicted molar refractivity (Wildman–Crippen MR) is 30.0 cm³/mol. The Hall–Kier alpha value is 1.16. The average molecular weight is 186 g/mol. The zero-order chi connectivity index (χ0) is 4.41. The molecule has 0 aliphatic carbocycles. The van der Waals surface area contributed by atoms with Gasteiger partial charge in [-0.1, -0.05) is 0 Å². The van der Waals surface area contributed by atoms with E-state index in [4.69, 9.17) is 13.7 Å². The molecule has 0 amide bonds. The maximum atomic E-state index is 5.60. The molecule has 0 N–H and O–H groups in total. The van der Waals surface area contributed by atoms with E-state index in [0.717, 1.165) is 12.4 Å². The molecule has 1 aliphatic heterocycles. The molecule has 4 heteroatoms. The first-order valence-electron chi connectivity index (χ1n) is 1.61. The molecule has 0 aromatic carbocycles. The first-order chi connectivity index (χ1) is 2.89. The first-order valence-corrected chi connectivity index (χ1v) is 8.08. The Morgan fingerprint density at radius 3 is 2.83 bits per heavy atom. The van der Waals surface area contributed by atoms with Gasteiger partial charge in [0.25, 0.3) is 0 Å². The fourth-order valence-electron chi connectivity index (χ4n) is 0.255. The SMILES string of the molecule is Cl[As]1OCCS1. The third-order valence-electron chi connectivity index (χ3n) is 0.469. The van der Waals surface area contributed by atoms with Crippen LogP contribution in [-0.4, -0.2) is 25.3 Å². The van der Waals surface area contributed by atoms with Crippen LogP contribution in [0, 0.1) is 0 Å². The molecular formula is C2H4AsClOS. The molecule has 1 atom stereocenters. The molecule has 1 saturated heterocycles. The average Bonchev–Trinajstić information content (AvgIpc) is 1.86. The van der Waals surface area contributed by atoms with Crippen LogP contribution in [0.2, 0.25) is 0 Å². The summed E-state index contributed by atoms with van der Waals surface area (Å²) < 4.78 is 5.03. The van der Waals surface area contributed by atoms with Crippen LogP contribution in [0.3, 0.4) is 0 Å². The van der Waals surface area contributed by atoms with E-state index in [2.05, 4.69) is 0 Å².